The highest BCUT2D eigenvalue weighted by molar-refractivity contribution is 14.0. The Bertz CT molecular complexity index is 612. The van der Waals surface area contributed by atoms with Crippen LogP contribution in [0.4, 0.5) is 4.39 Å². The molecule has 0 aliphatic rings. The Balaban J connectivity index is 0.00000242. The van der Waals surface area contributed by atoms with E-state index in [9.17, 15) is 4.39 Å². The van der Waals surface area contributed by atoms with E-state index < -0.39 is 0 Å². The number of nitrogens with zero attached hydrogens (tertiary/aromatic N) is 3. The van der Waals surface area contributed by atoms with Gasteiger partial charge in [-0.05, 0) is 24.6 Å². The van der Waals surface area contributed by atoms with Gasteiger partial charge in [-0.1, -0.05) is 12.1 Å². The maximum Gasteiger partial charge on any atom is 0.193 e. The Hall–Kier alpha value is -1.22. The zero-order valence-corrected chi connectivity index (χ0v) is 16.0. The van der Waals surface area contributed by atoms with Gasteiger partial charge in [-0.3, -0.25) is 4.99 Å². The third-order valence-electron chi connectivity index (χ3n) is 3.16. The second-order valence-electron chi connectivity index (χ2n) is 4.74. The minimum Gasteiger partial charge on any atom is -0.351 e. The second kappa shape index (κ2) is 9.04. The van der Waals surface area contributed by atoms with Crippen LogP contribution in [0.5, 0.6) is 0 Å². The summed E-state index contributed by atoms with van der Waals surface area (Å²) in [5.74, 6) is 0.580. The first-order valence-corrected chi connectivity index (χ1v) is 7.53. The first kappa shape index (κ1) is 18.8. The fourth-order valence-corrected chi connectivity index (χ4v) is 2.70. The normalized spacial score (nSPS) is 11.0. The first-order valence-electron chi connectivity index (χ1n) is 6.65. The van der Waals surface area contributed by atoms with E-state index in [1.807, 2.05) is 24.4 Å². The van der Waals surface area contributed by atoms with Crippen LogP contribution in [0.25, 0.3) is 0 Å². The third kappa shape index (κ3) is 5.20. The number of aromatic nitrogens is 1. The molecule has 1 aromatic heterocycles. The van der Waals surface area contributed by atoms with Gasteiger partial charge in [0.1, 0.15) is 5.82 Å². The molecule has 0 amide bonds. The van der Waals surface area contributed by atoms with E-state index in [1.54, 1.807) is 30.5 Å². The van der Waals surface area contributed by atoms with Crippen molar-refractivity contribution in [2.45, 2.75) is 20.0 Å². The lowest BCUT2D eigenvalue weighted by Gasteiger charge is -2.22. The molecule has 0 atom stereocenters. The van der Waals surface area contributed by atoms with Crippen molar-refractivity contribution in [2.24, 2.45) is 4.99 Å². The van der Waals surface area contributed by atoms with E-state index in [2.05, 4.69) is 15.3 Å². The number of rotatable bonds is 4. The maximum absolute atomic E-state index is 12.9. The van der Waals surface area contributed by atoms with Crippen LogP contribution in [-0.2, 0) is 13.1 Å². The lowest BCUT2D eigenvalue weighted by atomic mass is 10.2. The number of thiazole rings is 1. The van der Waals surface area contributed by atoms with Crippen molar-refractivity contribution in [2.75, 3.05) is 14.1 Å². The summed E-state index contributed by atoms with van der Waals surface area (Å²) in [4.78, 5) is 11.7. The summed E-state index contributed by atoms with van der Waals surface area (Å²) in [5.41, 5.74) is 3.93. The highest BCUT2D eigenvalue weighted by atomic mass is 127. The smallest absolute Gasteiger partial charge is 0.193 e. The summed E-state index contributed by atoms with van der Waals surface area (Å²) in [6.45, 7) is 3.37. The van der Waals surface area contributed by atoms with E-state index >= 15 is 0 Å². The predicted molar refractivity (Wildman–Crippen MR) is 100 cm³/mol. The van der Waals surface area contributed by atoms with Gasteiger partial charge >= 0.3 is 0 Å². The molecule has 22 heavy (non-hydrogen) atoms. The Kier molecular flexibility index (Phi) is 7.74. The van der Waals surface area contributed by atoms with Gasteiger partial charge in [0.15, 0.2) is 5.96 Å². The zero-order chi connectivity index (χ0) is 15.2. The standard InChI is InChI=1S/C15H19FN4S.HI/c1-11-14(21-10-19-11)8-18-15(17-2)20(3)9-12-4-6-13(16)7-5-12;/h4-7,10H,8-9H2,1-3H3,(H,17,18);1H. The summed E-state index contributed by atoms with van der Waals surface area (Å²) in [5, 5.41) is 3.32. The van der Waals surface area contributed by atoms with Crippen LogP contribution in [0.15, 0.2) is 34.8 Å². The largest absolute Gasteiger partial charge is 0.351 e. The summed E-state index contributed by atoms with van der Waals surface area (Å²) >= 11 is 1.63. The number of benzene rings is 1. The van der Waals surface area contributed by atoms with E-state index in [0.717, 1.165) is 17.2 Å². The van der Waals surface area contributed by atoms with Crippen LogP contribution in [0.1, 0.15) is 16.1 Å². The SMILES string of the molecule is CN=C(NCc1scnc1C)N(C)Cc1ccc(F)cc1.I. The van der Waals surface area contributed by atoms with Gasteiger partial charge in [0.05, 0.1) is 17.7 Å². The average Bonchev–Trinajstić information content (AvgIpc) is 2.88. The molecule has 0 aliphatic heterocycles. The number of hydrogen-bond acceptors (Lipinski definition) is 3. The molecule has 1 aromatic carbocycles. The van der Waals surface area contributed by atoms with Crippen LogP contribution in [0.3, 0.4) is 0 Å². The van der Waals surface area contributed by atoms with Crippen LogP contribution in [0, 0.1) is 12.7 Å². The average molecular weight is 434 g/mol. The van der Waals surface area contributed by atoms with Crippen molar-refractivity contribution in [1.82, 2.24) is 15.2 Å². The monoisotopic (exact) mass is 434 g/mol. The van der Waals surface area contributed by atoms with Crippen LogP contribution in [-0.4, -0.2) is 29.9 Å². The quantitative estimate of drug-likeness (QED) is 0.456. The van der Waals surface area contributed by atoms with Crippen LogP contribution < -0.4 is 5.32 Å². The Labute approximate surface area is 151 Å². The van der Waals surface area contributed by atoms with E-state index in [4.69, 9.17) is 0 Å². The molecular weight excluding hydrogens is 414 g/mol. The minimum absolute atomic E-state index is 0. The fourth-order valence-electron chi connectivity index (χ4n) is 1.98. The molecule has 2 rings (SSSR count). The van der Waals surface area contributed by atoms with E-state index in [-0.39, 0.29) is 29.8 Å². The van der Waals surface area contributed by atoms with Crippen molar-refractivity contribution < 1.29 is 4.39 Å². The molecule has 1 N–H and O–H groups in total. The Morgan fingerprint density at radius 2 is 2.05 bits per heavy atom. The predicted octanol–water partition coefficient (Wildman–Crippen LogP) is 3.42. The van der Waals surface area contributed by atoms with Crippen molar-refractivity contribution >= 4 is 41.3 Å². The summed E-state index contributed by atoms with van der Waals surface area (Å²) in [6.07, 6.45) is 0. The van der Waals surface area contributed by atoms with Gasteiger partial charge in [-0.2, -0.15) is 0 Å². The molecule has 7 heteroatoms. The van der Waals surface area contributed by atoms with Crippen molar-refractivity contribution in [3.63, 3.8) is 0 Å². The lowest BCUT2D eigenvalue weighted by molar-refractivity contribution is 0.476. The lowest BCUT2D eigenvalue weighted by Crippen LogP contribution is -2.38. The molecule has 0 saturated carbocycles. The van der Waals surface area contributed by atoms with Crippen molar-refractivity contribution in [3.05, 3.63) is 51.7 Å². The molecule has 0 aliphatic carbocycles. The summed E-state index contributed by atoms with van der Waals surface area (Å²) < 4.78 is 12.9. The highest BCUT2D eigenvalue weighted by Crippen LogP contribution is 2.11. The number of aliphatic imine (C=N–C) groups is 1. The molecule has 0 fully saturated rings. The summed E-state index contributed by atoms with van der Waals surface area (Å²) in [7, 11) is 3.71. The molecule has 0 radical (unpaired) electrons. The molecule has 0 spiro atoms. The van der Waals surface area contributed by atoms with Crippen molar-refractivity contribution in [1.29, 1.82) is 0 Å². The molecule has 120 valence electrons. The molecular formula is C15H20FIN4S. The van der Waals surface area contributed by atoms with Crippen molar-refractivity contribution in [3.8, 4) is 0 Å². The molecule has 4 nitrogen and oxygen atoms in total. The highest BCUT2D eigenvalue weighted by Gasteiger charge is 2.08. The fraction of sp³-hybridized carbons (Fsp3) is 0.333. The maximum atomic E-state index is 12.9. The van der Waals surface area contributed by atoms with Crippen LogP contribution in [0.2, 0.25) is 0 Å². The van der Waals surface area contributed by atoms with Gasteiger partial charge in [0, 0.05) is 25.5 Å². The van der Waals surface area contributed by atoms with E-state index in [1.165, 1.54) is 17.0 Å². The second-order valence-corrected chi connectivity index (χ2v) is 5.68. The molecule has 0 bridgehead atoms. The number of guanidine groups is 1. The van der Waals surface area contributed by atoms with Gasteiger partial charge in [0.25, 0.3) is 0 Å². The molecule has 2 aromatic rings. The molecule has 1 heterocycles. The summed E-state index contributed by atoms with van der Waals surface area (Å²) in [6, 6.07) is 6.51. The minimum atomic E-state index is -0.218. The van der Waals surface area contributed by atoms with Gasteiger partial charge in [0.2, 0.25) is 0 Å². The zero-order valence-electron chi connectivity index (χ0n) is 12.8. The first-order chi connectivity index (χ1) is 10.1. The van der Waals surface area contributed by atoms with Gasteiger partial charge in [-0.15, -0.1) is 35.3 Å². The molecule has 0 saturated heterocycles. The molecule has 0 unspecified atom stereocenters. The van der Waals surface area contributed by atoms with Gasteiger partial charge < -0.3 is 10.2 Å². The Morgan fingerprint density at radius 1 is 1.36 bits per heavy atom. The van der Waals surface area contributed by atoms with Crippen LogP contribution >= 0.6 is 35.3 Å². The number of halogens is 2. The van der Waals surface area contributed by atoms with Gasteiger partial charge in [-0.25, -0.2) is 9.37 Å². The number of aryl methyl sites for hydroxylation is 1. The number of nitrogens with one attached hydrogen (secondary N) is 1. The third-order valence-corrected chi connectivity index (χ3v) is 4.09. The Morgan fingerprint density at radius 3 is 2.59 bits per heavy atom. The van der Waals surface area contributed by atoms with E-state index in [0.29, 0.717) is 13.1 Å². The number of hydrogen-bond donors (Lipinski definition) is 1. The topological polar surface area (TPSA) is 40.5 Å².